The largest absolute Gasteiger partial charge is 0.208 e. The summed E-state index contributed by atoms with van der Waals surface area (Å²) in [5, 5.41) is 2.67. The first-order chi connectivity index (χ1) is 11.8. The fraction of sp³-hybridized carbons (Fsp3) is 0. The number of rotatable bonds is 3. The second-order valence-corrected chi connectivity index (χ2v) is 6.54. The molecule has 0 bridgehead atoms. The molecule has 0 atom stereocenters. The molecule has 24 heavy (non-hydrogen) atoms. The molecule has 0 radical (unpaired) electrons. The molecule has 0 aliphatic heterocycles. The number of hydrogen-bond donors (Lipinski definition) is 0. The molecule has 0 fully saturated rings. The van der Waals surface area contributed by atoms with Gasteiger partial charge in [-0.1, -0.05) is 60.1 Å². The van der Waals surface area contributed by atoms with Gasteiger partial charge < -0.3 is 0 Å². The highest BCUT2D eigenvalue weighted by Gasteiger charge is 2.12. The number of thiophene rings is 1. The van der Waals surface area contributed by atoms with Crippen molar-refractivity contribution in [3.05, 3.63) is 77.1 Å². The summed E-state index contributed by atoms with van der Waals surface area (Å²) in [6, 6.07) is 21.5. The van der Waals surface area contributed by atoms with Gasteiger partial charge in [0.05, 0.1) is 4.88 Å². The Balaban J connectivity index is 1.92. The van der Waals surface area contributed by atoms with E-state index in [-0.39, 0.29) is 0 Å². The van der Waals surface area contributed by atoms with Gasteiger partial charge in [0, 0.05) is 16.1 Å². The van der Waals surface area contributed by atoms with Gasteiger partial charge in [0.2, 0.25) is 0 Å². The summed E-state index contributed by atoms with van der Waals surface area (Å²) in [6.45, 7) is 0. The van der Waals surface area contributed by atoms with E-state index in [1.165, 1.54) is 0 Å². The molecule has 116 valence electrons. The van der Waals surface area contributed by atoms with Crippen LogP contribution in [0.4, 0.5) is 0 Å². The zero-order chi connectivity index (χ0) is 16.4. The second kappa shape index (κ2) is 6.51. The van der Waals surface area contributed by atoms with Crippen LogP contribution in [-0.4, -0.2) is 15.0 Å². The summed E-state index contributed by atoms with van der Waals surface area (Å²) in [6.07, 6.45) is 0. The maximum absolute atomic E-state index is 6.12. The number of hydrogen-bond acceptors (Lipinski definition) is 4. The minimum atomic E-state index is 0.620. The monoisotopic (exact) mass is 349 g/mol. The summed E-state index contributed by atoms with van der Waals surface area (Å²) >= 11 is 7.73. The Kier molecular flexibility index (Phi) is 4.07. The first-order valence-electron chi connectivity index (χ1n) is 7.41. The van der Waals surface area contributed by atoms with Gasteiger partial charge in [-0.2, -0.15) is 0 Å². The zero-order valence-electron chi connectivity index (χ0n) is 12.6. The molecule has 4 aromatic rings. The molecule has 0 amide bonds. The molecule has 0 N–H and O–H groups in total. The molecular weight excluding hydrogens is 338 g/mol. The number of nitrogens with zero attached hydrogens (tertiary/aromatic N) is 3. The van der Waals surface area contributed by atoms with Crippen molar-refractivity contribution >= 4 is 22.9 Å². The van der Waals surface area contributed by atoms with Gasteiger partial charge in [-0.25, -0.2) is 15.0 Å². The molecule has 0 spiro atoms. The number of benzene rings is 2. The van der Waals surface area contributed by atoms with Crippen molar-refractivity contribution in [3.63, 3.8) is 0 Å². The van der Waals surface area contributed by atoms with Gasteiger partial charge in [-0.15, -0.1) is 11.3 Å². The van der Waals surface area contributed by atoms with Gasteiger partial charge in [0.25, 0.3) is 0 Å². The molecule has 0 unspecified atom stereocenters. The number of aromatic nitrogens is 3. The molecule has 0 saturated carbocycles. The van der Waals surface area contributed by atoms with Crippen molar-refractivity contribution in [1.29, 1.82) is 0 Å². The van der Waals surface area contributed by atoms with Gasteiger partial charge in [0.1, 0.15) is 0 Å². The third kappa shape index (κ3) is 3.07. The summed E-state index contributed by atoms with van der Waals surface area (Å²) in [5.41, 5.74) is 1.83. The second-order valence-electron chi connectivity index (χ2n) is 5.16. The lowest BCUT2D eigenvalue weighted by atomic mass is 10.2. The van der Waals surface area contributed by atoms with Crippen LogP contribution in [0.1, 0.15) is 0 Å². The zero-order valence-corrected chi connectivity index (χ0v) is 14.1. The van der Waals surface area contributed by atoms with E-state index in [2.05, 4.69) is 15.0 Å². The van der Waals surface area contributed by atoms with E-state index in [9.17, 15) is 0 Å². The highest BCUT2D eigenvalue weighted by molar-refractivity contribution is 7.13. The lowest BCUT2D eigenvalue weighted by Crippen LogP contribution is -1.99. The van der Waals surface area contributed by atoms with E-state index in [4.69, 9.17) is 11.6 Å². The summed E-state index contributed by atoms with van der Waals surface area (Å²) in [5.74, 6) is 1.95. The standard InChI is InChI=1S/C19H12ClN3S/c20-15-9-4-8-14(12-15)18-21-17(13-6-2-1-3-7-13)22-19(23-18)16-10-5-11-24-16/h1-12H. The van der Waals surface area contributed by atoms with Gasteiger partial charge in [0.15, 0.2) is 17.5 Å². The summed E-state index contributed by atoms with van der Waals surface area (Å²) in [7, 11) is 0. The quantitative estimate of drug-likeness (QED) is 0.484. The molecule has 4 rings (SSSR count). The third-order valence-electron chi connectivity index (χ3n) is 3.49. The molecule has 3 nitrogen and oxygen atoms in total. The Morgan fingerprint density at radius 1 is 0.667 bits per heavy atom. The Morgan fingerprint density at radius 3 is 2.08 bits per heavy atom. The molecule has 0 aliphatic carbocycles. The summed E-state index contributed by atoms with van der Waals surface area (Å²) < 4.78 is 0. The average molecular weight is 350 g/mol. The molecule has 2 heterocycles. The van der Waals surface area contributed by atoms with Crippen LogP contribution < -0.4 is 0 Å². The van der Waals surface area contributed by atoms with Crippen molar-refractivity contribution in [1.82, 2.24) is 15.0 Å². The van der Waals surface area contributed by atoms with E-state index in [0.717, 1.165) is 16.0 Å². The first-order valence-corrected chi connectivity index (χ1v) is 8.67. The Bertz CT molecular complexity index is 969. The van der Waals surface area contributed by atoms with Gasteiger partial charge >= 0.3 is 0 Å². The molecule has 5 heteroatoms. The maximum Gasteiger partial charge on any atom is 0.174 e. The van der Waals surface area contributed by atoms with E-state index in [0.29, 0.717) is 22.5 Å². The highest BCUT2D eigenvalue weighted by atomic mass is 35.5. The van der Waals surface area contributed by atoms with Crippen LogP contribution in [0.2, 0.25) is 5.02 Å². The van der Waals surface area contributed by atoms with Crippen LogP contribution in [0.25, 0.3) is 33.5 Å². The van der Waals surface area contributed by atoms with E-state index in [1.54, 1.807) is 11.3 Å². The maximum atomic E-state index is 6.12. The lowest BCUT2D eigenvalue weighted by Gasteiger charge is -2.07. The topological polar surface area (TPSA) is 38.7 Å². The van der Waals surface area contributed by atoms with Crippen LogP contribution in [-0.2, 0) is 0 Å². The van der Waals surface area contributed by atoms with Crippen molar-refractivity contribution in [2.24, 2.45) is 0 Å². The smallest absolute Gasteiger partial charge is 0.174 e. The normalized spacial score (nSPS) is 10.7. The van der Waals surface area contributed by atoms with Crippen molar-refractivity contribution < 1.29 is 0 Å². The molecule has 0 saturated heterocycles. The predicted octanol–water partition coefficient (Wildman–Crippen LogP) is 5.59. The van der Waals surface area contributed by atoms with Crippen LogP contribution in [0, 0.1) is 0 Å². The average Bonchev–Trinajstić information content (AvgIpc) is 3.17. The van der Waals surface area contributed by atoms with Crippen molar-refractivity contribution in [2.45, 2.75) is 0 Å². The van der Waals surface area contributed by atoms with Gasteiger partial charge in [-0.3, -0.25) is 0 Å². The van der Waals surface area contributed by atoms with Gasteiger partial charge in [-0.05, 0) is 23.6 Å². The SMILES string of the molecule is Clc1cccc(-c2nc(-c3ccccc3)nc(-c3cccs3)n2)c1. The minimum absolute atomic E-state index is 0.620. The summed E-state index contributed by atoms with van der Waals surface area (Å²) in [4.78, 5) is 15.0. The molecular formula is C19H12ClN3S. The van der Waals surface area contributed by atoms with Crippen LogP contribution in [0.3, 0.4) is 0 Å². The van der Waals surface area contributed by atoms with Crippen molar-refractivity contribution in [3.8, 4) is 33.5 Å². The predicted molar refractivity (Wildman–Crippen MR) is 99.0 cm³/mol. The minimum Gasteiger partial charge on any atom is -0.208 e. The Hall–Kier alpha value is -2.56. The van der Waals surface area contributed by atoms with Crippen molar-refractivity contribution in [2.75, 3.05) is 0 Å². The van der Waals surface area contributed by atoms with Crippen LogP contribution in [0.5, 0.6) is 0 Å². The molecule has 2 aromatic carbocycles. The van der Waals surface area contributed by atoms with E-state index >= 15 is 0 Å². The van der Waals surface area contributed by atoms with E-state index in [1.807, 2.05) is 72.1 Å². The van der Waals surface area contributed by atoms with Crippen LogP contribution >= 0.6 is 22.9 Å². The van der Waals surface area contributed by atoms with Crippen LogP contribution in [0.15, 0.2) is 72.1 Å². The highest BCUT2D eigenvalue weighted by Crippen LogP contribution is 2.27. The third-order valence-corrected chi connectivity index (χ3v) is 4.59. The Morgan fingerprint density at radius 2 is 1.38 bits per heavy atom. The van der Waals surface area contributed by atoms with E-state index < -0.39 is 0 Å². The Labute approximate surface area is 148 Å². The molecule has 0 aliphatic rings. The molecule has 2 aromatic heterocycles. The fourth-order valence-corrected chi connectivity index (χ4v) is 3.21. The first kappa shape index (κ1) is 15.0. The fourth-order valence-electron chi connectivity index (χ4n) is 2.36. The lowest BCUT2D eigenvalue weighted by molar-refractivity contribution is 1.08. The number of halogens is 1.